The Bertz CT molecular complexity index is 1100. The normalized spacial score (nSPS) is 23.2. The highest BCUT2D eigenvalue weighted by molar-refractivity contribution is 5.89. The monoisotopic (exact) mass is 414 g/mol. The lowest BCUT2D eigenvalue weighted by atomic mass is 9.92. The number of aromatic amines is 1. The van der Waals surface area contributed by atoms with Gasteiger partial charge in [-0.15, -0.1) is 6.42 Å². The Labute approximate surface area is 184 Å². The highest BCUT2D eigenvalue weighted by Gasteiger charge is 2.33. The lowest BCUT2D eigenvalue weighted by molar-refractivity contribution is 0.107. The molecule has 2 fully saturated rings. The summed E-state index contributed by atoms with van der Waals surface area (Å²) in [5.41, 5.74) is 5.36. The molecule has 0 saturated carbocycles. The van der Waals surface area contributed by atoms with Crippen LogP contribution in [-0.4, -0.2) is 65.0 Å². The summed E-state index contributed by atoms with van der Waals surface area (Å²) >= 11 is 0. The maximum atomic E-state index is 5.76. The van der Waals surface area contributed by atoms with Gasteiger partial charge in [0.1, 0.15) is 5.82 Å². The highest BCUT2D eigenvalue weighted by Crippen LogP contribution is 2.40. The van der Waals surface area contributed by atoms with Crippen LogP contribution >= 0.6 is 0 Å². The van der Waals surface area contributed by atoms with Gasteiger partial charge in [-0.2, -0.15) is 0 Å². The Morgan fingerprint density at radius 1 is 1.03 bits per heavy atom. The third kappa shape index (κ3) is 3.69. The van der Waals surface area contributed by atoms with Gasteiger partial charge in [0.05, 0.1) is 34.5 Å². The molecule has 1 N–H and O–H groups in total. The molecule has 2 aliphatic heterocycles. The average Bonchev–Trinajstić information content (AvgIpc) is 3.24. The average molecular weight is 415 g/mol. The van der Waals surface area contributed by atoms with E-state index in [-0.39, 0.29) is 12.1 Å². The van der Waals surface area contributed by atoms with E-state index in [1.54, 1.807) is 0 Å². The van der Waals surface area contributed by atoms with Crippen molar-refractivity contribution in [2.75, 3.05) is 45.2 Å². The number of para-hydroxylation sites is 1. The number of pyridine rings is 1. The van der Waals surface area contributed by atoms with Crippen molar-refractivity contribution < 1.29 is 0 Å². The van der Waals surface area contributed by atoms with Crippen LogP contribution in [0.3, 0.4) is 0 Å². The number of imidazole rings is 1. The molecular weight excluding hydrogens is 384 g/mol. The molecule has 31 heavy (non-hydrogen) atoms. The number of hydrogen-bond acceptors (Lipinski definition) is 5. The van der Waals surface area contributed by atoms with Crippen molar-refractivity contribution in [2.45, 2.75) is 31.3 Å². The SMILES string of the molecule is C#Cc1cccnc1[C@@H]1CCC[C@H](c2nc3cccc(N4CCN(C)CC4)c3[nH]2)N1C. The molecule has 160 valence electrons. The molecule has 6 heteroatoms. The molecule has 0 spiro atoms. The van der Waals surface area contributed by atoms with E-state index in [1.165, 1.54) is 5.69 Å². The van der Waals surface area contributed by atoms with Crippen molar-refractivity contribution in [3.8, 4) is 12.3 Å². The second-order valence-electron chi connectivity index (χ2n) is 8.79. The standard InChI is InChI=1S/C25H30N6/c1-4-18-8-7-13-26-23(18)20-10-6-12-22(30(20)3)25-27-19-9-5-11-21(24(19)28-25)31-16-14-29(2)15-17-31/h1,5,7-9,11,13,20,22H,6,10,12,14-17H2,2-3H3,(H,27,28)/t20-,22+/m0/s1. The van der Waals surface area contributed by atoms with Crippen LogP contribution in [0.2, 0.25) is 0 Å². The lowest BCUT2D eigenvalue weighted by Gasteiger charge is -2.38. The van der Waals surface area contributed by atoms with Crippen molar-refractivity contribution >= 4 is 16.7 Å². The second-order valence-corrected chi connectivity index (χ2v) is 8.79. The number of likely N-dealkylation sites (N-methyl/N-ethyl adjacent to an activating group) is 1. The second kappa shape index (κ2) is 8.33. The minimum atomic E-state index is 0.205. The number of hydrogen-bond donors (Lipinski definition) is 1. The summed E-state index contributed by atoms with van der Waals surface area (Å²) in [5.74, 6) is 3.86. The minimum absolute atomic E-state index is 0.205. The minimum Gasteiger partial charge on any atom is -0.367 e. The first kappa shape index (κ1) is 20.0. The maximum Gasteiger partial charge on any atom is 0.124 e. The number of aromatic nitrogens is 3. The molecule has 6 nitrogen and oxygen atoms in total. The molecule has 2 aromatic heterocycles. The van der Waals surface area contributed by atoms with Crippen LogP contribution in [0.4, 0.5) is 5.69 Å². The summed E-state index contributed by atoms with van der Waals surface area (Å²) in [6.07, 6.45) is 10.9. The van der Waals surface area contributed by atoms with Gasteiger partial charge in [0, 0.05) is 37.9 Å². The largest absolute Gasteiger partial charge is 0.367 e. The van der Waals surface area contributed by atoms with E-state index in [0.29, 0.717) is 0 Å². The number of nitrogens with zero attached hydrogens (tertiary/aromatic N) is 5. The van der Waals surface area contributed by atoms with Crippen LogP contribution in [0.1, 0.15) is 48.4 Å². The third-order valence-electron chi connectivity index (χ3n) is 6.92. The number of piperidine rings is 1. The number of fused-ring (bicyclic) bond motifs is 1. The zero-order chi connectivity index (χ0) is 21.4. The van der Waals surface area contributed by atoms with Gasteiger partial charge < -0.3 is 14.8 Å². The third-order valence-corrected chi connectivity index (χ3v) is 6.92. The van der Waals surface area contributed by atoms with Gasteiger partial charge in [0.2, 0.25) is 0 Å². The molecule has 5 rings (SSSR count). The molecule has 0 amide bonds. The number of terminal acetylenes is 1. The Morgan fingerprint density at radius 2 is 1.84 bits per heavy atom. The molecular formula is C25H30N6. The molecule has 2 aliphatic rings. The van der Waals surface area contributed by atoms with E-state index in [4.69, 9.17) is 11.4 Å². The van der Waals surface area contributed by atoms with Crippen molar-refractivity contribution in [1.29, 1.82) is 0 Å². The zero-order valence-corrected chi connectivity index (χ0v) is 18.4. The van der Waals surface area contributed by atoms with Gasteiger partial charge in [-0.25, -0.2) is 4.98 Å². The smallest absolute Gasteiger partial charge is 0.124 e. The first-order chi connectivity index (χ1) is 15.2. The highest BCUT2D eigenvalue weighted by atomic mass is 15.3. The van der Waals surface area contributed by atoms with Crippen LogP contribution < -0.4 is 4.90 Å². The zero-order valence-electron chi connectivity index (χ0n) is 18.4. The molecule has 0 radical (unpaired) electrons. The summed E-state index contributed by atoms with van der Waals surface area (Å²) in [7, 11) is 4.37. The lowest BCUT2D eigenvalue weighted by Crippen LogP contribution is -2.44. The fourth-order valence-corrected chi connectivity index (χ4v) is 5.10. The number of benzene rings is 1. The van der Waals surface area contributed by atoms with Gasteiger partial charge in [-0.05, 0) is 57.6 Å². The molecule has 2 saturated heterocycles. The van der Waals surface area contributed by atoms with Crippen molar-refractivity contribution in [3.05, 3.63) is 53.6 Å². The van der Waals surface area contributed by atoms with Crippen LogP contribution in [0.5, 0.6) is 0 Å². The van der Waals surface area contributed by atoms with Gasteiger partial charge in [0.25, 0.3) is 0 Å². The Hall–Kier alpha value is -2.88. The number of H-pyrrole nitrogens is 1. The van der Waals surface area contributed by atoms with Crippen LogP contribution in [0.25, 0.3) is 11.0 Å². The van der Waals surface area contributed by atoms with E-state index in [2.05, 4.69) is 62.9 Å². The summed E-state index contributed by atoms with van der Waals surface area (Å²) in [5, 5.41) is 0. The topological polar surface area (TPSA) is 51.3 Å². The number of piperazine rings is 1. The van der Waals surface area contributed by atoms with Crippen LogP contribution in [0, 0.1) is 12.3 Å². The van der Waals surface area contributed by atoms with E-state index in [1.807, 2.05) is 18.3 Å². The van der Waals surface area contributed by atoms with Crippen LogP contribution in [-0.2, 0) is 0 Å². The molecule has 0 unspecified atom stereocenters. The maximum absolute atomic E-state index is 5.76. The predicted octanol–water partition coefficient (Wildman–Crippen LogP) is 3.59. The summed E-state index contributed by atoms with van der Waals surface area (Å²) in [4.78, 5) is 20.7. The molecule has 4 heterocycles. The fraction of sp³-hybridized carbons (Fsp3) is 0.440. The van der Waals surface area contributed by atoms with Gasteiger partial charge >= 0.3 is 0 Å². The van der Waals surface area contributed by atoms with Crippen LogP contribution in [0.15, 0.2) is 36.5 Å². The molecule has 0 bridgehead atoms. The van der Waals surface area contributed by atoms with Crippen molar-refractivity contribution in [3.63, 3.8) is 0 Å². The first-order valence-corrected chi connectivity index (χ1v) is 11.2. The van der Waals surface area contributed by atoms with Gasteiger partial charge in [-0.3, -0.25) is 9.88 Å². The van der Waals surface area contributed by atoms with Gasteiger partial charge in [0.15, 0.2) is 0 Å². The molecule has 2 atom stereocenters. The van der Waals surface area contributed by atoms with E-state index in [9.17, 15) is 0 Å². The van der Waals surface area contributed by atoms with Crippen molar-refractivity contribution in [1.82, 2.24) is 24.8 Å². The molecule has 0 aliphatic carbocycles. The Kier molecular flexibility index (Phi) is 5.39. The quantitative estimate of drug-likeness (QED) is 0.664. The van der Waals surface area contributed by atoms with E-state index < -0.39 is 0 Å². The van der Waals surface area contributed by atoms with E-state index >= 15 is 0 Å². The molecule has 1 aromatic carbocycles. The van der Waals surface area contributed by atoms with E-state index in [0.717, 1.165) is 73.6 Å². The first-order valence-electron chi connectivity index (χ1n) is 11.2. The van der Waals surface area contributed by atoms with Gasteiger partial charge in [-0.1, -0.05) is 12.0 Å². The summed E-state index contributed by atoms with van der Waals surface area (Å²) in [6.45, 7) is 4.27. The Morgan fingerprint density at radius 3 is 2.65 bits per heavy atom. The number of likely N-dealkylation sites (tertiary alicyclic amines) is 1. The fourth-order valence-electron chi connectivity index (χ4n) is 5.10. The number of rotatable bonds is 3. The Balaban J connectivity index is 1.46. The summed E-state index contributed by atoms with van der Waals surface area (Å²) in [6, 6.07) is 10.8. The number of anilines is 1. The number of nitrogens with one attached hydrogen (secondary N) is 1. The molecule has 3 aromatic rings. The predicted molar refractivity (Wildman–Crippen MR) is 125 cm³/mol. The summed E-state index contributed by atoms with van der Waals surface area (Å²) < 4.78 is 0. The van der Waals surface area contributed by atoms with Crippen molar-refractivity contribution in [2.24, 2.45) is 0 Å².